The Morgan fingerprint density at radius 1 is 1.18 bits per heavy atom. The van der Waals surface area contributed by atoms with Crippen LogP contribution in [0.15, 0.2) is 0 Å². The van der Waals surface area contributed by atoms with Crippen molar-refractivity contribution < 1.29 is 4.74 Å². The predicted molar refractivity (Wildman–Crippen MR) is 71.9 cm³/mol. The Bertz CT molecular complexity index is 248. The summed E-state index contributed by atoms with van der Waals surface area (Å²) in [4.78, 5) is 0. The minimum absolute atomic E-state index is 0.00461. The van der Waals surface area contributed by atoms with Gasteiger partial charge in [-0.15, -0.1) is 0 Å². The molecule has 2 rings (SSSR count). The van der Waals surface area contributed by atoms with E-state index >= 15 is 0 Å². The second-order valence-electron chi connectivity index (χ2n) is 6.88. The largest absolute Gasteiger partial charge is 0.374 e. The van der Waals surface area contributed by atoms with E-state index in [1.54, 1.807) is 0 Å². The molecule has 0 aromatic heterocycles. The molecular formula is C15H29NO. The van der Waals surface area contributed by atoms with E-state index in [1.807, 2.05) is 0 Å². The van der Waals surface area contributed by atoms with E-state index < -0.39 is 0 Å². The van der Waals surface area contributed by atoms with Gasteiger partial charge < -0.3 is 10.5 Å². The Kier molecular flexibility index (Phi) is 3.84. The molecule has 0 bridgehead atoms. The molecule has 0 spiro atoms. The summed E-state index contributed by atoms with van der Waals surface area (Å²) in [6, 6.07) is 0.271. The third-order valence-corrected chi connectivity index (χ3v) is 5.15. The van der Waals surface area contributed by atoms with Crippen LogP contribution in [0.25, 0.3) is 0 Å². The van der Waals surface area contributed by atoms with Gasteiger partial charge in [0.1, 0.15) is 0 Å². The molecule has 2 aliphatic rings. The third-order valence-electron chi connectivity index (χ3n) is 5.15. The van der Waals surface area contributed by atoms with Crippen molar-refractivity contribution in [1.82, 2.24) is 0 Å². The highest BCUT2D eigenvalue weighted by Gasteiger charge is 2.46. The molecule has 2 nitrogen and oxygen atoms in total. The van der Waals surface area contributed by atoms with Gasteiger partial charge in [-0.2, -0.15) is 0 Å². The molecule has 0 aromatic carbocycles. The summed E-state index contributed by atoms with van der Waals surface area (Å²) in [6.45, 7) is 7.66. The fourth-order valence-corrected chi connectivity index (χ4v) is 3.44. The van der Waals surface area contributed by atoms with Crippen LogP contribution in [0.3, 0.4) is 0 Å². The van der Waals surface area contributed by atoms with Crippen molar-refractivity contribution in [3.8, 4) is 0 Å². The van der Waals surface area contributed by atoms with Gasteiger partial charge in [0.15, 0.2) is 0 Å². The number of ether oxygens (including phenoxy) is 1. The van der Waals surface area contributed by atoms with Crippen molar-refractivity contribution in [2.75, 3.05) is 6.61 Å². The molecule has 17 heavy (non-hydrogen) atoms. The number of hydrogen-bond acceptors (Lipinski definition) is 2. The van der Waals surface area contributed by atoms with E-state index in [-0.39, 0.29) is 11.6 Å². The Morgan fingerprint density at radius 3 is 2.18 bits per heavy atom. The lowest BCUT2D eigenvalue weighted by Gasteiger charge is -2.50. The second-order valence-corrected chi connectivity index (χ2v) is 6.88. The van der Waals surface area contributed by atoms with Crippen LogP contribution in [0, 0.1) is 11.3 Å². The van der Waals surface area contributed by atoms with Gasteiger partial charge in [-0.1, -0.05) is 20.3 Å². The summed E-state index contributed by atoms with van der Waals surface area (Å²) in [5, 5.41) is 0. The smallest absolute Gasteiger partial charge is 0.0835 e. The molecule has 2 N–H and O–H groups in total. The maximum atomic E-state index is 6.54. The van der Waals surface area contributed by atoms with Gasteiger partial charge in [0.25, 0.3) is 0 Å². The van der Waals surface area contributed by atoms with Crippen LogP contribution >= 0.6 is 0 Å². The fraction of sp³-hybridized carbons (Fsp3) is 1.00. The van der Waals surface area contributed by atoms with Crippen LogP contribution in [-0.4, -0.2) is 18.2 Å². The molecule has 0 saturated heterocycles. The lowest BCUT2D eigenvalue weighted by Crippen LogP contribution is -2.57. The molecule has 2 saturated carbocycles. The van der Waals surface area contributed by atoms with E-state index in [4.69, 9.17) is 10.5 Å². The first-order chi connectivity index (χ1) is 7.99. The third kappa shape index (κ3) is 2.68. The van der Waals surface area contributed by atoms with E-state index in [2.05, 4.69) is 20.8 Å². The molecule has 1 unspecified atom stereocenters. The zero-order valence-corrected chi connectivity index (χ0v) is 11.8. The average Bonchev–Trinajstić information content (AvgIpc) is 2.19. The normalized spacial score (nSPS) is 29.6. The molecule has 2 fully saturated rings. The van der Waals surface area contributed by atoms with Gasteiger partial charge in [-0.3, -0.25) is 0 Å². The van der Waals surface area contributed by atoms with Crippen LogP contribution in [0.5, 0.6) is 0 Å². The molecule has 1 atom stereocenters. The Morgan fingerprint density at radius 2 is 1.76 bits per heavy atom. The van der Waals surface area contributed by atoms with Gasteiger partial charge in [0.2, 0.25) is 0 Å². The quantitative estimate of drug-likeness (QED) is 0.815. The maximum Gasteiger partial charge on any atom is 0.0835 e. The first kappa shape index (κ1) is 13.4. The Balaban J connectivity index is 2.04. The van der Waals surface area contributed by atoms with Crippen molar-refractivity contribution in [3.63, 3.8) is 0 Å². The van der Waals surface area contributed by atoms with Crippen molar-refractivity contribution >= 4 is 0 Å². The molecule has 0 aliphatic heterocycles. The van der Waals surface area contributed by atoms with E-state index in [0.29, 0.717) is 5.41 Å². The first-order valence-electron chi connectivity index (χ1n) is 7.39. The van der Waals surface area contributed by atoms with Crippen LogP contribution in [0.2, 0.25) is 0 Å². The fourth-order valence-electron chi connectivity index (χ4n) is 3.44. The lowest BCUT2D eigenvalue weighted by molar-refractivity contribution is -0.115. The van der Waals surface area contributed by atoms with Gasteiger partial charge >= 0.3 is 0 Å². The van der Waals surface area contributed by atoms with Gasteiger partial charge in [0, 0.05) is 12.6 Å². The molecule has 0 aromatic rings. The number of rotatable bonds is 4. The molecule has 0 radical (unpaired) electrons. The van der Waals surface area contributed by atoms with Gasteiger partial charge in [-0.05, 0) is 56.8 Å². The molecule has 2 heteroatoms. The zero-order chi connectivity index (χ0) is 12.5. The van der Waals surface area contributed by atoms with E-state index in [1.165, 1.54) is 32.1 Å². The van der Waals surface area contributed by atoms with Gasteiger partial charge in [-0.25, -0.2) is 0 Å². The predicted octanol–water partition coefficient (Wildman–Crippen LogP) is 3.49. The lowest BCUT2D eigenvalue weighted by atomic mass is 9.64. The van der Waals surface area contributed by atoms with Crippen molar-refractivity contribution in [2.45, 2.75) is 77.4 Å². The van der Waals surface area contributed by atoms with Crippen LogP contribution in [-0.2, 0) is 4.74 Å². The molecule has 0 amide bonds. The van der Waals surface area contributed by atoms with Crippen LogP contribution in [0.1, 0.15) is 65.7 Å². The molecule has 100 valence electrons. The maximum absolute atomic E-state index is 6.54. The molecule has 0 heterocycles. The second kappa shape index (κ2) is 4.89. The van der Waals surface area contributed by atoms with Crippen molar-refractivity contribution in [1.29, 1.82) is 0 Å². The zero-order valence-electron chi connectivity index (χ0n) is 11.8. The van der Waals surface area contributed by atoms with Crippen LogP contribution < -0.4 is 5.73 Å². The van der Waals surface area contributed by atoms with Crippen molar-refractivity contribution in [2.24, 2.45) is 17.1 Å². The van der Waals surface area contributed by atoms with Crippen molar-refractivity contribution in [3.05, 3.63) is 0 Å². The highest BCUT2D eigenvalue weighted by atomic mass is 16.5. The van der Waals surface area contributed by atoms with Gasteiger partial charge in [0.05, 0.1) is 5.60 Å². The minimum atomic E-state index is -0.00461. The number of nitrogens with two attached hydrogens (primary N) is 1. The summed E-state index contributed by atoms with van der Waals surface area (Å²) < 4.78 is 6.16. The summed E-state index contributed by atoms with van der Waals surface area (Å²) in [6.07, 6.45) is 8.84. The highest BCUT2D eigenvalue weighted by Crippen LogP contribution is 2.46. The Labute approximate surface area is 106 Å². The monoisotopic (exact) mass is 239 g/mol. The topological polar surface area (TPSA) is 35.2 Å². The summed E-state index contributed by atoms with van der Waals surface area (Å²) >= 11 is 0. The summed E-state index contributed by atoms with van der Waals surface area (Å²) in [5.74, 6) is 0.725. The van der Waals surface area contributed by atoms with E-state index in [0.717, 1.165) is 25.4 Å². The number of hydrogen-bond donors (Lipinski definition) is 1. The standard InChI is InChI=1S/C15H29NO/c1-4-17-15(13(16)12-6-5-7-12)10-8-14(2,3)9-11-15/h12-13H,4-11,16H2,1-3H3. The SMILES string of the molecule is CCOC1(C(N)C2CCC2)CCC(C)(C)CC1. The average molecular weight is 239 g/mol. The highest BCUT2D eigenvalue weighted by molar-refractivity contribution is 5.01. The Hall–Kier alpha value is -0.0800. The first-order valence-corrected chi connectivity index (χ1v) is 7.39. The van der Waals surface area contributed by atoms with Crippen LogP contribution in [0.4, 0.5) is 0 Å². The summed E-state index contributed by atoms with van der Waals surface area (Å²) in [7, 11) is 0. The van der Waals surface area contributed by atoms with E-state index in [9.17, 15) is 0 Å². The minimum Gasteiger partial charge on any atom is -0.374 e. The molecular weight excluding hydrogens is 210 g/mol. The molecule has 2 aliphatic carbocycles. The summed E-state index contributed by atoms with van der Waals surface area (Å²) in [5.41, 5.74) is 7.02.